The van der Waals surface area contributed by atoms with Gasteiger partial charge in [-0.15, -0.1) is 0 Å². The topological polar surface area (TPSA) is 112 Å². The van der Waals surface area contributed by atoms with Crippen LogP contribution in [0.15, 0.2) is 41.5 Å². The number of nitro benzene ring substituents is 1. The van der Waals surface area contributed by atoms with Crippen molar-refractivity contribution < 1.29 is 23.9 Å². The number of nitro groups is 1. The largest absolute Gasteiger partial charge is 0.493 e. The standard InChI is InChI=1S/C17H17N3O6/c1-24-14-8-11(9-15(25-2)16(14)26-3)10-18-19-17(21)12-6-4-5-7-13(12)20(22)23/h4-10H,1-3H3,(H,19,21)/b18-10+. The molecule has 0 bridgehead atoms. The zero-order chi connectivity index (χ0) is 19.1. The van der Waals surface area contributed by atoms with Crippen molar-refractivity contribution in [1.29, 1.82) is 0 Å². The first-order chi connectivity index (χ1) is 12.5. The quantitative estimate of drug-likeness (QED) is 0.461. The Morgan fingerprint density at radius 1 is 1.12 bits per heavy atom. The SMILES string of the molecule is COc1cc(/C=N/NC(=O)c2ccccc2[N+](=O)[O-])cc(OC)c1OC. The summed E-state index contributed by atoms with van der Waals surface area (Å²) in [5.74, 6) is 0.591. The van der Waals surface area contributed by atoms with Crippen molar-refractivity contribution in [2.24, 2.45) is 5.10 Å². The van der Waals surface area contributed by atoms with Gasteiger partial charge in [0.15, 0.2) is 11.5 Å². The Balaban J connectivity index is 2.21. The minimum absolute atomic E-state index is 0.0838. The highest BCUT2D eigenvalue weighted by Crippen LogP contribution is 2.37. The van der Waals surface area contributed by atoms with Crippen molar-refractivity contribution >= 4 is 17.8 Å². The molecule has 0 heterocycles. The minimum atomic E-state index is -0.694. The molecule has 0 unspecified atom stereocenters. The van der Waals surface area contributed by atoms with Crippen LogP contribution >= 0.6 is 0 Å². The van der Waals surface area contributed by atoms with Crippen LogP contribution in [0.5, 0.6) is 17.2 Å². The number of carbonyl (C=O) groups excluding carboxylic acids is 1. The smallest absolute Gasteiger partial charge is 0.282 e. The lowest BCUT2D eigenvalue weighted by Crippen LogP contribution is -2.18. The number of benzene rings is 2. The van der Waals surface area contributed by atoms with E-state index in [0.29, 0.717) is 22.8 Å². The Morgan fingerprint density at radius 3 is 2.27 bits per heavy atom. The van der Waals surface area contributed by atoms with E-state index in [9.17, 15) is 14.9 Å². The molecule has 0 aliphatic rings. The van der Waals surface area contributed by atoms with Crippen LogP contribution in [-0.2, 0) is 0 Å². The molecule has 26 heavy (non-hydrogen) atoms. The molecule has 0 saturated carbocycles. The number of carbonyl (C=O) groups is 1. The summed E-state index contributed by atoms with van der Waals surface area (Å²) in [4.78, 5) is 22.5. The molecule has 0 atom stereocenters. The fourth-order valence-corrected chi connectivity index (χ4v) is 2.23. The Hall–Kier alpha value is -3.62. The molecule has 0 aliphatic heterocycles. The summed E-state index contributed by atoms with van der Waals surface area (Å²) in [5.41, 5.74) is 2.45. The lowest BCUT2D eigenvalue weighted by atomic mass is 10.2. The first kappa shape index (κ1) is 18.7. The van der Waals surface area contributed by atoms with Crippen LogP contribution in [-0.4, -0.2) is 38.4 Å². The molecule has 0 saturated heterocycles. The van der Waals surface area contributed by atoms with Gasteiger partial charge >= 0.3 is 0 Å². The molecule has 1 N–H and O–H groups in total. The monoisotopic (exact) mass is 359 g/mol. The van der Waals surface area contributed by atoms with Crippen molar-refractivity contribution in [2.45, 2.75) is 0 Å². The third-order valence-electron chi connectivity index (χ3n) is 3.41. The van der Waals surface area contributed by atoms with Crippen LogP contribution in [0.2, 0.25) is 0 Å². The summed E-state index contributed by atoms with van der Waals surface area (Å²) in [6.07, 6.45) is 1.36. The van der Waals surface area contributed by atoms with Gasteiger partial charge in [-0.05, 0) is 18.2 Å². The molecule has 9 nitrogen and oxygen atoms in total. The Bertz CT molecular complexity index is 825. The lowest BCUT2D eigenvalue weighted by molar-refractivity contribution is -0.385. The molecule has 2 aromatic carbocycles. The number of ether oxygens (including phenoxy) is 3. The van der Waals surface area contributed by atoms with E-state index in [1.165, 1.54) is 51.8 Å². The Labute approximate surface area is 149 Å². The zero-order valence-corrected chi connectivity index (χ0v) is 14.4. The highest BCUT2D eigenvalue weighted by Gasteiger charge is 2.18. The number of nitrogens with zero attached hydrogens (tertiary/aromatic N) is 2. The molecule has 0 aliphatic carbocycles. The summed E-state index contributed by atoms with van der Waals surface area (Å²) in [6.45, 7) is 0. The normalized spacial score (nSPS) is 10.4. The van der Waals surface area contributed by atoms with Crippen molar-refractivity contribution in [1.82, 2.24) is 5.43 Å². The van der Waals surface area contributed by atoms with Crippen LogP contribution in [0.25, 0.3) is 0 Å². The van der Waals surface area contributed by atoms with Crippen molar-refractivity contribution in [3.05, 3.63) is 57.6 Å². The molecular weight excluding hydrogens is 342 g/mol. The van der Waals surface area contributed by atoms with E-state index in [1.807, 2.05) is 0 Å². The van der Waals surface area contributed by atoms with Crippen LogP contribution in [0.1, 0.15) is 15.9 Å². The number of nitrogens with one attached hydrogen (secondary N) is 1. The van der Waals surface area contributed by atoms with E-state index < -0.39 is 10.8 Å². The van der Waals surface area contributed by atoms with Crippen LogP contribution in [0.3, 0.4) is 0 Å². The maximum absolute atomic E-state index is 12.1. The van der Waals surface area contributed by atoms with Gasteiger partial charge in [-0.2, -0.15) is 5.10 Å². The van der Waals surface area contributed by atoms with E-state index in [0.717, 1.165) is 0 Å². The second-order valence-electron chi connectivity index (χ2n) is 4.93. The van der Waals surface area contributed by atoms with Gasteiger partial charge in [0.1, 0.15) is 5.56 Å². The number of hydrazone groups is 1. The van der Waals surface area contributed by atoms with Gasteiger partial charge in [-0.1, -0.05) is 12.1 Å². The number of rotatable bonds is 7. The zero-order valence-electron chi connectivity index (χ0n) is 14.4. The predicted molar refractivity (Wildman–Crippen MR) is 94.3 cm³/mol. The van der Waals surface area contributed by atoms with E-state index in [1.54, 1.807) is 12.1 Å². The summed E-state index contributed by atoms with van der Waals surface area (Å²) in [5, 5.41) is 14.8. The van der Waals surface area contributed by atoms with Gasteiger partial charge in [-0.3, -0.25) is 14.9 Å². The summed E-state index contributed by atoms with van der Waals surface area (Å²) >= 11 is 0. The van der Waals surface area contributed by atoms with Gasteiger partial charge < -0.3 is 14.2 Å². The van der Waals surface area contributed by atoms with E-state index >= 15 is 0 Å². The third kappa shape index (κ3) is 4.07. The molecular formula is C17H17N3O6. The summed E-state index contributed by atoms with van der Waals surface area (Å²) in [7, 11) is 4.45. The second kappa shape index (κ2) is 8.47. The fraction of sp³-hybridized carbons (Fsp3) is 0.176. The molecule has 2 aromatic rings. The molecule has 0 spiro atoms. The highest BCUT2D eigenvalue weighted by molar-refractivity contribution is 5.98. The highest BCUT2D eigenvalue weighted by atomic mass is 16.6. The van der Waals surface area contributed by atoms with Crippen LogP contribution in [0.4, 0.5) is 5.69 Å². The molecule has 0 aromatic heterocycles. The number of methoxy groups -OCH3 is 3. The van der Waals surface area contributed by atoms with E-state index in [4.69, 9.17) is 14.2 Å². The van der Waals surface area contributed by atoms with Gasteiger partial charge in [0.2, 0.25) is 5.75 Å². The minimum Gasteiger partial charge on any atom is -0.493 e. The first-order valence-corrected chi connectivity index (χ1v) is 7.38. The maximum atomic E-state index is 12.1. The van der Waals surface area contributed by atoms with Crippen molar-refractivity contribution in [3.63, 3.8) is 0 Å². The third-order valence-corrected chi connectivity index (χ3v) is 3.41. The van der Waals surface area contributed by atoms with Gasteiger partial charge in [-0.25, -0.2) is 5.43 Å². The summed E-state index contributed by atoms with van der Waals surface area (Å²) < 4.78 is 15.7. The fourth-order valence-electron chi connectivity index (χ4n) is 2.23. The molecule has 1 amide bonds. The first-order valence-electron chi connectivity index (χ1n) is 7.38. The van der Waals surface area contributed by atoms with Crippen LogP contribution in [0, 0.1) is 10.1 Å². The van der Waals surface area contributed by atoms with Gasteiger partial charge in [0.05, 0.1) is 32.5 Å². The van der Waals surface area contributed by atoms with Crippen LogP contribution < -0.4 is 19.6 Å². The van der Waals surface area contributed by atoms with Crippen molar-refractivity contribution in [3.8, 4) is 17.2 Å². The predicted octanol–water partition coefficient (Wildman–Crippen LogP) is 2.38. The lowest BCUT2D eigenvalue weighted by Gasteiger charge is -2.12. The maximum Gasteiger partial charge on any atom is 0.282 e. The number of amides is 1. The molecule has 136 valence electrons. The molecule has 0 fully saturated rings. The average Bonchev–Trinajstić information content (AvgIpc) is 2.66. The van der Waals surface area contributed by atoms with Crippen molar-refractivity contribution in [2.75, 3.05) is 21.3 Å². The van der Waals surface area contributed by atoms with E-state index in [2.05, 4.69) is 10.5 Å². The summed E-state index contributed by atoms with van der Waals surface area (Å²) in [6, 6.07) is 8.89. The molecule has 0 radical (unpaired) electrons. The second-order valence-corrected chi connectivity index (χ2v) is 4.93. The van der Waals surface area contributed by atoms with Gasteiger partial charge in [0.25, 0.3) is 11.6 Å². The Morgan fingerprint density at radius 2 is 1.73 bits per heavy atom. The molecule has 2 rings (SSSR count). The molecule has 9 heteroatoms. The number of hydrogen-bond donors (Lipinski definition) is 1. The number of hydrogen-bond acceptors (Lipinski definition) is 7. The van der Waals surface area contributed by atoms with Gasteiger partial charge in [0, 0.05) is 11.6 Å². The average molecular weight is 359 g/mol. The number of para-hydroxylation sites is 1. The van der Waals surface area contributed by atoms with E-state index in [-0.39, 0.29) is 11.3 Å². The Kier molecular flexibility index (Phi) is 6.10.